The van der Waals surface area contributed by atoms with Crippen LogP contribution >= 0.6 is 11.8 Å². The van der Waals surface area contributed by atoms with Crippen LogP contribution in [0.2, 0.25) is 5.09 Å². The summed E-state index contributed by atoms with van der Waals surface area (Å²) < 4.78 is 0. The Morgan fingerprint density at radius 1 is 1.25 bits per heavy atom. The molecule has 0 amide bonds. The van der Waals surface area contributed by atoms with Gasteiger partial charge in [0.2, 0.25) is 0 Å². The Kier molecular flexibility index (Phi) is 8.89. The van der Waals surface area contributed by atoms with Crippen molar-refractivity contribution in [1.82, 2.24) is 0 Å². The van der Waals surface area contributed by atoms with Crippen molar-refractivity contribution in [2.24, 2.45) is 0 Å². The van der Waals surface area contributed by atoms with E-state index in [9.17, 15) is 0 Å². The third-order valence-corrected chi connectivity index (χ3v) is 1.90. The number of thioether (sulfide) groups is 1. The summed E-state index contributed by atoms with van der Waals surface area (Å²) in [6.07, 6.45) is 6.43. The van der Waals surface area contributed by atoms with Crippen LogP contribution in [0.4, 0.5) is 0 Å². The van der Waals surface area contributed by atoms with E-state index in [1.54, 1.807) is 0 Å². The van der Waals surface area contributed by atoms with Crippen LogP contribution in [0.1, 0.15) is 19.3 Å². The van der Waals surface area contributed by atoms with Gasteiger partial charge in [0, 0.05) is 0 Å². The normalized spacial score (nSPS) is 9.88. The summed E-state index contributed by atoms with van der Waals surface area (Å²) in [7, 11) is 0. The molecule has 0 fully saturated rings. The zero-order chi connectivity index (χ0) is 6.24. The molecule has 0 nitrogen and oxygen atoms in total. The zero-order valence-corrected chi connectivity index (χ0v) is 6.76. The Morgan fingerprint density at radius 2 is 2.00 bits per heavy atom. The molecular formula is C6H13LiS. The maximum atomic E-state index is 2.25. The zero-order valence-electron chi connectivity index (χ0n) is 5.94. The standard InChI is InChI=1S/C6H13S.Li/c1-3-4-5-6-7-2;/h1,3-6H2,2H3;. The van der Waals surface area contributed by atoms with E-state index in [1.807, 2.05) is 11.8 Å². The maximum absolute atomic E-state index is 2.25. The quantitative estimate of drug-likeness (QED) is 0.399. The van der Waals surface area contributed by atoms with Crippen molar-refractivity contribution in [3.8, 4) is 0 Å². The summed E-state index contributed by atoms with van der Waals surface area (Å²) in [4.78, 5) is 0. The summed E-state index contributed by atoms with van der Waals surface area (Å²) >= 11 is 4.20. The van der Waals surface area contributed by atoms with Crippen molar-refractivity contribution in [1.29, 1.82) is 0 Å². The number of rotatable bonds is 5. The van der Waals surface area contributed by atoms with E-state index in [4.69, 9.17) is 0 Å². The third-order valence-electron chi connectivity index (χ3n) is 1.20. The first-order valence-electron chi connectivity index (χ1n) is 3.40. The first kappa shape index (κ1) is 8.95. The Labute approximate surface area is 66.0 Å². The molecule has 0 bridgehead atoms. The molecule has 0 spiro atoms. The summed E-state index contributed by atoms with van der Waals surface area (Å²) in [5, 5.41) is 1.36. The van der Waals surface area contributed by atoms with Gasteiger partial charge < -0.3 is 0 Å². The molecule has 0 aromatic heterocycles. The van der Waals surface area contributed by atoms with Crippen molar-refractivity contribution in [3.05, 3.63) is 0 Å². The monoisotopic (exact) mass is 124 g/mol. The summed E-state index contributed by atoms with van der Waals surface area (Å²) in [6.45, 7) is 0. The van der Waals surface area contributed by atoms with Gasteiger partial charge in [0.05, 0.1) is 0 Å². The van der Waals surface area contributed by atoms with Crippen molar-refractivity contribution in [3.63, 3.8) is 0 Å². The molecule has 0 saturated heterocycles. The van der Waals surface area contributed by atoms with Crippen LogP contribution in [0.15, 0.2) is 0 Å². The van der Waals surface area contributed by atoms with Gasteiger partial charge in [0.1, 0.15) is 0 Å². The van der Waals surface area contributed by atoms with E-state index in [0.29, 0.717) is 0 Å². The molecule has 0 atom stereocenters. The van der Waals surface area contributed by atoms with Gasteiger partial charge in [0.15, 0.2) is 0 Å². The molecule has 0 aliphatic rings. The first-order valence-corrected chi connectivity index (χ1v) is 4.80. The molecule has 0 rings (SSSR count). The fraction of sp³-hybridized carbons (Fsp3) is 1.00. The van der Waals surface area contributed by atoms with Crippen molar-refractivity contribution in [2.45, 2.75) is 24.4 Å². The fourth-order valence-corrected chi connectivity index (χ4v) is 1.17. The Morgan fingerprint density at radius 3 is 2.50 bits per heavy atom. The van der Waals surface area contributed by atoms with Crippen molar-refractivity contribution in [2.75, 3.05) is 12.0 Å². The van der Waals surface area contributed by atoms with Crippen LogP contribution in [-0.2, 0) is 0 Å². The minimum atomic E-state index is 1.35. The van der Waals surface area contributed by atoms with Gasteiger partial charge in [-0.3, -0.25) is 0 Å². The van der Waals surface area contributed by atoms with Gasteiger partial charge in [-0.05, 0) is 0 Å². The van der Waals surface area contributed by atoms with Crippen LogP contribution in [0.3, 0.4) is 0 Å². The topological polar surface area (TPSA) is 0 Å². The number of hydrogen-bond acceptors (Lipinski definition) is 1. The predicted octanol–water partition coefficient (Wildman–Crippen LogP) is 2.11. The molecule has 0 aromatic rings. The van der Waals surface area contributed by atoms with Gasteiger partial charge in [0.25, 0.3) is 0 Å². The van der Waals surface area contributed by atoms with E-state index >= 15 is 0 Å². The van der Waals surface area contributed by atoms with Crippen molar-refractivity contribution >= 4 is 29.5 Å². The van der Waals surface area contributed by atoms with E-state index in [1.165, 1.54) is 30.1 Å². The molecule has 0 saturated carbocycles. The van der Waals surface area contributed by atoms with Gasteiger partial charge >= 0.3 is 65.8 Å². The van der Waals surface area contributed by atoms with Crippen LogP contribution in [0.25, 0.3) is 0 Å². The van der Waals surface area contributed by atoms with Crippen molar-refractivity contribution < 1.29 is 0 Å². The molecular weight excluding hydrogens is 111 g/mol. The molecule has 8 heavy (non-hydrogen) atoms. The molecule has 0 radical (unpaired) electrons. The molecule has 0 heterocycles. The predicted molar refractivity (Wildman–Crippen MR) is 42.8 cm³/mol. The Bertz CT molecular complexity index is 33.5. The van der Waals surface area contributed by atoms with Gasteiger partial charge in [-0.25, -0.2) is 0 Å². The molecule has 0 aliphatic carbocycles. The number of hydrogen-bond donors (Lipinski definition) is 0. The Balaban J connectivity index is 2.53. The average Bonchev–Trinajstić information content (AvgIpc) is 1.81. The Hall–Kier alpha value is 0.947. The second-order valence-corrected chi connectivity index (χ2v) is 3.04. The minimum absolute atomic E-state index is 1.35. The SMILES string of the molecule is [Li][CH2]CCCCSC. The first-order chi connectivity index (χ1) is 3.91. The second kappa shape index (κ2) is 7.95. The molecule has 0 aliphatic heterocycles. The average molecular weight is 124 g/mol. The summed E-state index contributed by atoms with van der Waals surface area (Å²) in [5.41, 5.74) is 0. The van der Waals surface area contributed by atoms with Gasteiger partial charge in [-0.2, -0.15) is 0 Å². The van der Waals surface area contributed by atoms with Crippen LogP contribution in [0, 0.1) is 0 Å². The van der Waals surface area contributed by atoms with E-state index < -0.39 is 0 Å². The fourth-order valence-electron chi connectivity index (χ4n) is 0.673. The van der Waals surface area contributed by atoms with Crippen LogP contribution in [0.5, 0.6) is 0 Å². The molecule has 44 valence electrons. The molecule has 0 unspecified atom stereocenters. The molecule has 0 aromatic carbocycles. The summed E-state index contributed by atoms with van der Waals surface area (Å²) in [5.74, 6) is 1.35. The van der Waals surface area contributed by atoms with Gasteiger partial charge in [-0.1, -0.05) is 0 Å². The third kappa shape index (κ3) is 6.95. The van der Waals surface area contributed by atoms with Crippen LogP contribution in [-0.4, -0.2) is 29.7 Å². The van der Waals surface area contributed by atoms with Gasteiger partial charge in [-0.15, -0.1) is 0 Å². The van der Waals surface area contributed by atoms with E-state index in [-0.39, 0.29) is 0 Å². The van der Waals surface area contributed by atoms with E-state index in [2.05, 4.69) is 24.0 Å². The second-order valence-electron chi connectivity index (χ2n) is 2.05. The number of unbranched alkanes of at least 4 members (excludes halogenated alkanes) is 2. The van der Waals surface area contributed by atoms with E-state index in [0.717, 1.165) is 0 Å². The summed E-state index contributed by atoms with van der Waals surface area (Å²) in [6, 6.07) is 0. The molecule has 0 N–H and O–H groups in total. The van der Waals surface area contributed by atoms with Crippen LogP contribution < -0.4 is 0 Å². The molecule has 2 heteroatoms.